The van der Waals surface area contributed by atoms with Crippen LogP contribution < -0.4 is 0 Å². The van der Waals surface area contributed by atoms with E-state index in [-0.39, 0.29) is 20.1 Å². The van der Waals surface area contributed by atoms with Gasteiger partial charge >= 0.3 is 0 Å². The second-order valence-corrected chi connectivity index (χ2v) is 10.4. The van der Waals surface area contributed by atoms with E-state index in [0.29, 0.717) is 5.71 Å². The molecule has 215 valence electrons. The first-order valence-corrected chi connectivity index (χ1v) is 13.9. The van der Waals surface area contributed by atoms with E-state index in [1.807, 2.05) is 80.6 Å². The van der Waals surface area contributed by atoms with E-state index in [2.05, 4.69) is 66.3 Å². The summed E-state index contributed by atoms with van der Waals surface area (Å²) in [6.45, 7) is 7.92. The van der Waals surface area contributed by atoms with Crippen molar-refractivity contribution >= 4 is 22.1 Å². The van der Waals surface area contributed by atoms with E-state index in [1.165, 1.54) is 11.1 Å². The molecule has 0 N–H and O–H groups in total. The Morgan fingerprint density at radius 2 is 1.51 bits per heavy atom. The first-order chi connectivity index (χ1) is 20.8. The van der Waals surface area contributed by atoms with Gasteiger partial charge in [0.25, 0.3) is 0 Å². The van der Waals surface area contributed by atoms with Crippen LogP contribution in [0.2, 0.25) is 0 Å². The summed E-state index contributed by atoms with van der Waals surface area (Å²) in [6.07, 6.45) is 3.55. The second kappa shape index (κ2) is 13.2. The number of furan rings is 1. The van der Waals surface area contributed by atoms with Crippen LogP contribution in [0.25, 0.3) is 55.8 Å². The zero-order valence-electron chi connectivity index (χ0n) is 25.5. The maximum atomic E-state index is 8.20. The van der Waals surface area contributed by atoms with Crippen molar-refractivity contribution in [2.75, 3.05) is 0 Å². The van der Waals surface area contributed by atoms with Crippen LogP contribution in [0, 0.1) is 26.0 Å². The molecule has 0 aliphatic heterocycles. The quantitative estimate of drug-likeness (QED) is 0.169. The number of fused-ring (bicyclic) bond motifs is 3. The molecule has 4 aromatic heterocycles. The third-order valence-corrected chi connectivity index (χ3v) is 7.28. The van der Waals surface area contributed by atoms with Gasteiger partial charge in [-0.25, -0.2) is 4.98 Å². The third kappa shape index (κ3) is 6.34. The molecule has 5 heteroatoms. The van der Waals surface area contributed by atoms with Gasteiger partial charge in [-0.3, -0.25) is 0 Å². The average Bonchev–Trinajstić information content (AvgIpc) is 3.40. The Labute approximate surface area is 267 Å². The molecule has 3 aromatic carbocycles. The Hall–Kier alpha value is -4.44. The molecule has 0 aliphatic rings. The molecular formula is C38H31IrN3O-2. The fraction of sp³-hybridized carbons (Fsp3) is 0.132. The van der Waals surface area contributed by atoms with Gasteiger partial charge in [0.05, 0.1) is 11.3 Å². The molecule has 0 spiro atoms. The van der Waals surface area contributed by atoms with Crippen molar-refractivity contribution < 1.29 is 25.9 Å². The van der Waals surface area contributed by atoms with Gasteiger partial charge in [-0.2, -0.15) is 0 Å². The minimum Gasteiger partial charge on any atom is -0.486 e. The van der Waals surface area contributed by atoms with Gasteiger partial charge in [0.1, 0.15) is 0 Å². The van der Waals surface area contributed by atoms with Crippen molar-refractivity contribution in [2.45, 2.75) is 33.6 Å². The zero-order valence-corrected chi connectivity index (χ0v) is 26.9. The predicted octanol–water partition coefficient (Wildman–Crippen LogP) is 9.80. The summed E-state index contributed by atoms with van der Waals surface area (Å²) in [4.78, 5) is 13.7. The number of hydrogen-bond donors (Lipinski definition) is 0. The maximum absolute atomic E-state index is 8.20. The van der Waals surface area contributed by atoms with Gasteiger partial charge in [-0.15, -0.1) is 54.1 Å². The smallest absolute Gasteiger partial charge is 0.216 e. The van der Waals surface area contributed by atoms with Crippen molar-refractivity contribution in [1.82, 2.24) is 15.0 Å². The van der Waals surface area contributed by atoms with E-state index in [9.17, 15) is 0 Å². The summed E-state index contributed by atoms with van der Waals surface area (Å²) in [5.74, 6) is -0.686. The van der Waals surface area contributed by atoms with Crippen molar-refractivity contribution in [2.24, 2.45) is 0 Å². The molecule has 7 aromatic rings. The van der Waals surface area contributed by atoms with Crippen LogP contribution in [0.4, 0.5) is 0 Å². The molecule has 43 heavy (non-hydrogen) atoms. The molecule has 0 saturated carbocycles. The minimum absolute atomic E-state index is 0. The molecule has 4 heterocycles. The average molecular weight is 739 g/mol. The summed E-state index contributed by atoms with van der Waals surface area (Å²) in [5.41, 5.74) is 10.2. The number of nitrogens with zero attached hydrogens (tertiary/aromatic N) is 3. The van der Waals surface area contributed by atoms with Crippen LogP contribution in [-0.2, 0) is 20.1 Å². The molecule has 0 bridgehead atoms. The number of benzene rings is 3. The Morgan fingerprint density at radius 1 is 0.721 bits per heavy atom. The van der Waals surface area contributed by atoms with Gasteiger partial charge in [-0.1, -0.05) is 67.3 Å². The number of pyridine rings is 3. The summed E-state index contributed by atoms with van der Waals surface area (Å²) >= 11 is 0. The molecule has 0 unspecified atom stereocenters. The fourth-order valence-corrected chi connectivity index (χ4v) is 5.08. The standard InChI is InChI=1S/C27H23N2O.C11H8N.Ir/c1-16(2)19-11-13-23(28-15-19)22-10-6-9-20-21-12-14-24(29-27(21)30-26(20)22)25-17(3)7-5-8-18(25)4;1-2-6-10(7-3-1)11-8-4-5-9-12-11;/h5-9,11-16H,1-4H3;1-6,8-9H;/q2*-1;/i16D;;. The first kappa shape index (κ1) is 28.7. The summed E-state index contributed by atoms with van der Waals surface area (Å²) in [6, 6.07) is 38.3. The van der Waals surface area contributed by atoms with Crippen LogP contribution in [0.15, 0.2) is 114 Å². The largest absolute Gasteiger partial charge is 0.486 e. The van der Waals surface area contributed by atoms with Gasteiger partial charge in [-0.05, 0) is 66.0 Å². The molecule has 0 aliphatic carbocycles. The number of rotatable bonds is 4. The number of aryl methyl sites for hydroxylation is 2. The number of aromatic nitrogens is 3. The fourth-order valence-electron chi connectivity index (χ4n) is 5.08. The van der Waals surface area contributed by atoms with Gasteiger partial charge in [0.2, 0.25) is 5.71 Å². The molecule has 1 radical (unpaired) electrons. The van der Waals surface area contributed by atoms with E-state index < -0.39 is 5.89 Å². The zero-order chi connectivity index (χ0) is 30.0. The molecule has 0 fully saturated rings. The van der Waals surface area contributed by atoms with Crippen LogP contribution in [0.1, 0.15) is 37.8 Å². The van der Waals surface area contributed by atoms with Gasteiger partial charge in [0, 0.05) is 44.8 Å². The summed E-state index contributed by atoms with van der Waals surface area (Å²) in [5, 5.41) is 1.97. The monoisotopic (exact) mass is 739 g/mol. The van der Waals surface area contributed by atoms with Crippen LogP contribution >= 0.6 is 0 Å². The van der Waals surface area contributed by atoms with Crippen molar-refractivity contribution in [1.29, 1.82) is 0 Å². The minimum atomic E-state index is -0.686. The van der Waals surface area contributed by atoms with Crippen LogP contribution in [0.5, 0.6) is 0 Å². The van der Waals surface area contributed by atoms with Crippen LogP contribution in [0.3, 0.4) is 0 Å². The predicted molar refractivity (Wildman–Crippen MR) is 171 cm³/mol. The maximum Gasteiger partial charge on any atom is 0.216 e. The van der Waals surface area contributed by atoms with E-state index in [4.69, 9.17) is 10.8 Å². The molecule has 0 atom stereocenters. The van der Waals surface area contributed by atoms with E-state index >= 15 is 0 Å². The normalized spacial score (nSPS) is 11.4. The second-order valence-electron chi connectivity index (χ2n) is 10.4. The Bertz CT molecular complexity index is 1960. The molecular weight excluding hydrogens is 707 g/mol. The number of hydrogen-bond acceptors (Lipinski definition) is 4. The Kier molecular flexibility index (Phi) is 8.83. The summed E-state index contributed by atoms with van der Waals surface area (Å²) < 4.78 is 14.5. The van der Waals surface area contributed by atoms with E-state index in [0.717, 1.165) is 55.7 Å². The molecule has 0 saturated heterocycles. The van der Waals surface area contributed by atoms with Gasteiger partial charge in [0.15, 0.2) is 0 Å². The SMILES string of the molecule is [2H]C(C)(C)c1ccc(-c2[c-]ccc3c2oc2nc(-c4c(C)cccc4C)ccc23)nc1.[Ir].[c-]1ccccc1-c1ccccn1. The van der Waals surface area contributed by atoms with Gasteiger partial charge < -0.3 is 14.4 Å². The molecule has 0 amide bonds. The Balaban J connectivity index is 0.000000248. The van der Waals surface area contributed by atoms with Crippen molar-refractivity contribution in [3.8, 4) is 33.8 Å². The third-order valence-electron chi connectivity index (χ3n) is 7.28. The first-order valence-electron chi connectivity index (χ1n) is 14.4. The topological polar surface area (TPSA) is 51.8 Å². The summed E-state index contributed by atoms with van der Waals surface area (Å²) in [7, 11) is 0. The van der Waals surface area contributed by atoms with Crippen LogP contribution in [-0.4, -0.2) is 15.0 Å². The Morgan fingerprint density at radius 3 is 2.19 bits per heavy atom. The van der Waals surface area contributed by atoms with E-state index in [1.54, 1.807) is 12.4 Å². The van der Waals surface area contributed by atoms with Crippen molar-refractivity contribution in [3.05, 3.63) is 138 Å². The molecule has 7 rings (SSSR count). The molecule has 4 nitrogen and oxygen atoms in total. The van der Waals surface area contributed by atoms with Crippen molar-refractivity contribution in [3.63, 3.8) is 0 Å².